The Hall–Kier alpha value is -1.51. The van der Waals surface area contributed by atoms with E-state index in [1.165, 1.54) is 11.1 Å². The van der Waals surface area contributed by atoms with Crippen LogP contribution in [0.25, 0.3) is 0 Å². The maximum Gasteiger partial charge on any atom is 0.122 e. The summed E-state index contributed by atoms with van der Waals surface area (Å²) in [6.45, 7) is 5.84. The second kappa shape index (κ2) is 6.08. The number of benzene rings is 2. The first-order chi connectivity index (χ1) is 10.2. The van der Waals surface area contributed by atoms with E-state index in [0.717, 1.165) is 41.5 Å². The molecule has 0 aliphatic carbocycles. The molecule has 1 aliphatic rings. The fourth-order valence-corrected chi connectivity index (χ4v) is 3.13. The molecule has 2 aromatic carbocycles. The molecular weight excluding hydrogens is 282 g/mol. The maximum atomic E-state index is 6.53. The topological polar surface area (TPSA) is 21.3 Å². The maximum absolute atomic E-state index is 6.53. The van der Waals surface area contributed by atoms with Crippen LogP contribution in [0, 0.1) is 6.92 Å². The number of hydrogen-bond acceptors (Lipinski definition) is 2. The highest BCUT2D eigenvalue weighted by Crippen LogP contribution is 2.34. The second-order valence-corrected chi connectivity index (χ2v) is 5.81. The minimum Gasteiger partial charge on any atom is -0.493 e. The lowest BCUT2D eigenvalue weighted by molar-refractivity contribution is 0.357. The van der Waals surface area contributed by atoms with Crippen LogP contribution in [0.2, 0.25) is 5.02 Å². The van der Waals surface area contributed by atoms with Crippen molar-refractivity contribution in [3.63, 3.8) is 0 Å². The highest BCUT2D eigenvalue weighted by Gasteiger charge is 2.20. The molecule has 110 valence electrons. The van der Waals surface area contributed by atoms with Gasteiger partial charge in [0.25, 0.3) is 0 Å². The Kier molecular flexibility index (Phi) is 4.18. The van der Waals surface area contributed by atoms with E-state index in [1.54, 1.807) is 0 Å². The highest BCUT2D eigenvalue weighted by molar-refractivity contribution is 6.32. The van der Waals surface area contributed by atoms with Gasteiger partial charge >= 0.3 is 0 Å². The van der Waals surface area contributed by atoms with Crippen molar-refractivity contribution in [2.24, 2.45) is 0 Å². The number of ether oxygens (including phenoxy) is 1. The molecule has 0 amide bonds. The van der Waals surface area contributed by atoms with Gasteiger partial charge in [-0.1, -0.05) is 48.9 Å². The zero-order valence-electron chi connectivity index (χ0n) is 12.4. The first-order valence-corrected chi connectivity index (χ1v) is 7.82. The molecule has 1 N–H and O–H groups in total. The fourth-order valence-electron chi connectivity index (χ4n) is 2.89. The molecule has 21 heavy (non-hydrogen) atoms. The zero-order chi connectivity index (χ0) is 14.8. The van der Waals surface area contributed by atoms with Crippen LogP contribution in [0.1, 0.15) is 35.2 Å². The average molecular weight is 302 g/mol. The van der Waals surface area contributed by atoms with Crippen LogP contribution in [0.5, 0.6) is 5.75 Å². The molecule has 0 aromatic heterocycles. The van der Waals surface area contributed by atoms with E-state index in [1.807, 2.05) is 13.0 Å². The third kappa shape index (κ3) is 2.78. The van der Waals surface area contributed by atoms with Gasteiger partial charge in [-0.3, -0.25) is 0 Å². The smallest absolute Gasteiger partial charge is 0.122 e. The lowest BCUT2D eigenvalue weighted by Crippen LogP contribution is -2.22. The minimum absolute atomic E-state index is 0.119. The molecule has 0 spiro atoms. The van der Waals surface area contributed by atoms with Crippen molar-refractivity contribution in [3.8, 4) is 5.75 Å². The summed E-state index contributed by atoms with van der Waals surface area (Å²) < 4.78 is 5.60. The largest absolute Gasteiger partial charge is 0.493 e. The molecule has 3 rings (SSSR count). The lowest BCUT2D eigenvalue weighted by Gasteiger charge is -2.21. The van der Waals surface area contributed by atoms with Gasteiger partial charge in [-0.25, -0.2) is 0 Å². The normalized spacial score (nSPS) is 14.6. The Morgan fingerprint density at radius 2 is 2.14 bits per heavy atom. The van der Waals surface area contributed by atoms with Crippen LogP contribution in [0.3, 0.4) is 0 Å². The predicted molar refractivity (Wildman–Crippen MR) is 87.3 cm³/mol. The molecule has 3 heteroatoms. The van der Waals surface area contributed by atoms with Crippen LogP contribution in [-0.2, 0) is 6.42 Å². The summed E-state index contributed by atoms with van der Waals surface area (Å²) in [6.07, 6.45) is 0.990. The van der Waals surface area contributed by atoms with Crippen LogP contribution in [-0.4, -0.2) is 13.2 Å². The van der Waals surface area contributed by atoms with E-state index in [0.29, 0.717) is 0 Å². The van der Waals surface area contributed by atoms with Crippen LogP contribution >= 0.6 is 11.6 Å². The van der Waals surface area contributed by atoms with E-state index in [9.17, 15) is 0 Å². The van der Waals surface area contributed by atoms with Crippen molar-refractivity contribution >= 4 is 11.6 Å². The lowest BCUT2D eigenvalue weighted by atomic mass is 9.95. The monoisotopic (exact) mass is 301 g/mol. The molecule has 0 radical (unpaired) electrons. The van der Waals surface area contributed by atoms with E-state index in [2.05, 4.69) is 42.6 Å². The third-order valence-electron chi connectivity index (χ3n) is 3.99. The Morgan fingerprint density at radius 3 is 2.95 bits per heavy atom. The Bertz CT molecular complexity index is 654. The van der Waals surface area contributed by atoms with E-state index in [4.69, 9.17) is 16.3 Å². The molecular formula is C18H20ClNO. The van der Waals surface area contributed by atoms with Gasteiger partial charge in [-0.2, -0.15) is 0 Å². The summed E-state index contributed by atoms with van der Waals surface area (Å²) >= 11 is 6.53. The van der Waals surface area contributed by atoms with Crippen LogP contribution in [0.4, 0.5) is 0 Å². The number of fused-ring (bicyclic) bond motifs is 1. The summed E-state index contributed by atoms with van der Waals surface area (Å²) in [5, 5.41) is 4.40. The van der Waals surface area contributed by atoms with Gasteiger partial charge in [0.2, 0.25) is 0 Å². The molecule has 0 saturated carbocycles. The molecule has 1 heterocycles. The first-order valence-electron chi connectivity index (χ1n) is 7.44. The summed E-state index contributed by atoms with van der Waals surface area (Å²) in [4.78, 5) is 0. The van der Waals surface area contributed by atoms with Gasteiger partial charge in [0.15, 0.2) is 0 Å². The number of aryl methyl sites for hydroxylation is 1. The quantitative estimate of drug-likeness (QED) is 0.910. The number of nitrogens with one attached hydrogen (secondary N) is 1. The number of halogens is 1. The molecule has 1 aliphatic heterocycles. The van der Waals surface area contributed by atoms with Gasteiger partial charge < -0.3 is 10.1 Å². The molecule has 2 aromatic rings. The SMILES string of the molecule is CCNC(c1ccc2c(c1)CCO2)c1cccc(C)c1Cl. The molecule has 0 fully saturated rings. The summed E-state index contributed by atoms with van der Waals surface area (Å²) in [6, 6.07) is 12.8. The molecule has 1 atom stereocenters. The van der Waals surface area contributed by atoms with Crippen molar-refractivity contribution < 1.29 is 4.74 Å². The van der Waals surface area contributed by atoms with E-state index >= 15 is 0 Å². The molecule has 0 saturated heterocycles. The molecule has 0 bridgehead atoms. The van der Waals surface area contributed by atoms with Crippen molar-refractivity contribution in [3.05, 3.63) is 63.7 Å². The second-order valence-electron chi connectivity index (χ2n) is 5.43. The van der Waals surface area contributed by atoms with Crippen molar-refractivity contribution in [1.29, 1.82) is 0 Å². The third-order valence-corrected chi connectivity index (χ3v) is 4.50. The Balaban J connectivity index is 2.03. The zero-order valence-corrected chi connectivity index (χ0v) is 13.2. The van der Waals surface area contributed by atoms with Crippen molar-refractivity contribution in [2.45, 2.75) is 26.3 Å². The summed E-state index contributed by atoms with van der Waals surface area (Å²) in [5.74, 6) is 1.02. The van der Waals surface area contributed by atoms with Crippen LogP contribution < -0.4 is 10.1 Å². The Labute approximate surface area is 131 Å². The Morgan fingerprint density at radius 1 is 1.29 bits per heavy atom. The first kappa shape index (κ1) is 14.4. The van der Waals surface area contributed by atoms with Crippen molar-refractivity contribution in [1.82, 2.24) is 5.32 Å². The fraction of sp³-hybridized carbons (Fsp3) is 0.333. The summed E-state index contributed by atoms with van der Waals surface area (Å²) in [5.41, 5.74) is 4.78. The standard InChI is InChI=1S/C18H20ClNO/c1-3-20-18(15-6-4-5-12(2)17(15)19)14-7-8-16-13(11-14)9-10-21-16/h4-8,11,18,20H,3,9-10H2,1-2H3. The van der Waals surface area contributed by atoms with Gasteiger partial charge in [0.05, 0.1) is 12.6 Å². The molecule has 2 nitrogen and oxygen atoms in total. The highest BCUT2D eigenvalue weighted by atomic mass is 35.5. The van der Waals surface area contributed by atoms with E-state index in [-0.39, 0.29) is 6.04 Å². The number of hydrogen-bond donors (Lipinski definition) is 1. The van der Waals surface area contributed by atoms with Gasteiger partial charge in [0, 0.05) is 11.4 Å². The molecule has 1 unspecified atom stereocenters. The summed E-state index contributed by atoms with van der Waals surface area (Å²) in [7, 11) is 0. The van der Waals surface area contributed by atoms with Gasteiger partial charge in [0.1, 0.15) is 5.75 Å². The minimum atomic E-state index is 0.119. The average Bonchev–Trinajstić information content (AvgIpc) is 2.95. The van der Waals surface area contributed by atoms with Crippen molar-refractivity contribution in [2.75, 3.05) is 13.2 Å². The van der Waals surface area contributed by atoms with Gasteiger partial charge in [-0.15, -0.1) is 0 Å². The van der Waals surface area contributed by atoms with E-state index < -0.39 is 0 Å². The van der Waals surface area contributed by atoms with Gasteiger partial charge in [-0.05, 0) is 41.8 Å². The van der Waals surface area contributed by atoms with Crippen LogP contribution in [0.15, 0.2) is 36.4 Å². The predicted octanol–water partition coefficient (Wildman–Crippen LogP) is 4.28. The number of rotatable bonds is 4.